The molecule has 3 N–H and O–H groups in total. The fourth-order valence-electron chi connectivity index (χ4n) is 3.28. The number of anilines is 1. The van der Waals surface area contributed by atoms with E-state index in [1.165, 1.54) is 13.4 Å². The number of hydrogen-bond donors (Lipinski definition) is 2. The summed E-state index contributed by atoms with van der Waals surface area (Å²) < 4.78 is 13.5. The van der Waals surface area contributed by atoms with Crippen molar-refractivity contribution in [3.8, 4) is 16.2 Å². The molecule has 0 fully saturated rings. The summed E-state index contributed by atoms with van der Waals surface area (Å²) >= 11 is 1.56. The molecular weight excluding hydrogens is 400 g/mol. The van der Waals surface area contributed by atoms with Gasteiger partial charge in [-0.3, -0.25) is 0 Å². The summed E-state index contributed by atoms with van der Waals surface area (Å²) in [5, 5.41) is 16.1. The topological polar surface area (TPSA) is 94.9 Å². The summed E-state index contributed by atoms with van der Waals surface area (Å²) in [6.45, 7) is 3.62. The Bertz CT molecular complexity index is 1170. The van der Waals surface area contributed by atoms with Crippen LogP contribution < -0.4 is 10.5 Å². The summed E-state index contributed by atoms with van der Waals surface area (Å²) in [4.78, 5) is 5.04. The van der Waals surface area contributed by atoms with E-state index in [4.69, 9.17) is 15.2 Å². The van der Waals surface area contributed by atoms with Gasteiger partial charge in [-0.25, -0.2) is 9.50 Å². The number of aromatic nitrogens is 3. The lowest BCUT2D eigenvalue weighted by Crippen LogP contribution is -2.23. The minimum Gasteiger partial charge on any atom is -0.495 e. The third-order valence-corrected chi connectivity index (χ3v) is 5.88. The van der Waals surface area contributed by atoms with Crippen molar-refractivity contribution in [3.63, 3.8) is 0 Å². The van der Waals surface area contributed by atoms with Gasteiger partial charge >= 0.3 is 0 Å². The van der Waals surface area contributed by atoms with E-state index in [1.54, 1.807) is 36.1 Å². The average Bonchev–Trinajstić information content (AvgIpc) is 3.23. The van der Waals surface area contributed by atoms with E-state index in [0.717, 1.165) is 31.8 Å². The molecule has 1 aromatic carbocycles. The van der Waals surface area contributed by atoms with Crippen molar-refractivity contribution in [3.05, 3.63) is 41.9 Å². The third-order valence-electron chi connectivity index (χ3n) is 4.69. The SMILES string of the molecule is COc1cc(C)cc2cc(-c3c(C(C)(O)OC)cn4ncnc(N)c34)sc12.Cl. The van der Waals surface area contributed by atoms with E-state index in [9.17, 15) is 5.11 Å². The highest BCUT2D eigenvalue weighted by Gasteiger charge is 2.31. The lowest BCUT2D eigenvalue weighted by Gasteiger charge is -2.21. The van der Waals surface area contributed by atoms with Crippen molar-refractivity contribution in [1.82, 2.24) is 14.6 Å². The second-order valence-electron chi connectivity index (χ2n) is 6.54. The predicted molar refractivity (Wildman–Crippen MR) is 113 cm³/mol. The minimum absolute atomic E-state index is 0. The fraction of sp³-hybridized carbons (Fsp3) is 0.263. The van der Waals surface area contributed by atoms with Gasteiger partial charge in [-0.2, -0.15) is 5.10 Å². The van der Waals surface area contributed by atoms with Gasteiger partial charge in [-0.1, -0.05) is 6.07 Å². The van der Waals surface area contributed by atoms with Crippen LogP contribution in [0.4, 0.5) is 5.82 Å². The van der Waals surface area contributed by atoms with E-state index in [1.807, 2.05) is 13.0 Å². The van der Waals surface area contributed by atoms with Gasteiger partial charge in [0.25, 0.3) is 0 Å². The van der Waals surface area contributed by atoms with Crippen LogP contribution >= 0.6 is 23.7 Å². The smallest absolute Gasteiger partial charge is 0.191 e. The van der Waals surface area contributed by atoms with Crippen LogP contribution in [-0.4, -0.2) is 33.9 Å². The van der Waals surface area contributed by atoms with Crippen LogP contribution in [0.25, 0.3) is 26.0 Å². The van der Waals surface area contributed by atoms with Crippen molar-refractivity contribution in [2.24, 2.45) is 0 Å². The summed E-state index contributed by atoms with van der Waals surface area (Å²) in [6, 6.07) is 6.17. The normalized spacial score (nSPS) is 13.5. The van der Waals surface area contributed by atoms with Crippen LogP contribution in [0.2, 0.25) is 0 Å². The van der Waals surface area contributed by atoms with Crippen LogP contribution in [0.15, 0.2) is 30.7 Å². The number of benzene rings is 1. The molecule has 1 atom stereocenters. The first-order valence-corrected chi connectivity index (χ1v) is 9.15. The Morgan fingerprint density at radius 3 is 2.68 bits per heavy atom. The molecule has 0 aliphatic heterocycles. The zero-order chi connectivity index (χ0) is 19.3. The van der Waals surface area contributed by atoms with Crippen molar-refractivity contribution in [2.45, 2.75) is 19.6 Å². The second kappa shape index (κ2) is 7.21. The van der Waals surface area contributed by atoms with Crippen molar-refractivity contribution in [1.29, 1.82) is 0 Å². The molecule has 4 rings (SSSR count). The number of ether oxygens (including phenoxy) is 2. The highest BCUT2D eigenvalue weighted by atomic mass is 35.5. The third kappa shape index (κ3) is 3.08. The van der Waals surface area contributed by atoms with Gasteiger partial charge in [-0.15, -0.1) is 23.7 Å². The van der Waals surface area contributed by atoms with E-state index in [-0.39, 0.29) is 12.4 Å². The van der Waals surface area contributed by atoms with Gasteiger partial charge in [0, 0.05) is 29.3 Å². The van der Waals surface area contributed by atoms with Gasteiger partial charge in [0.15, 0.2) is 11.6 Å². The molecule has 148 valence electrons. The zero-order valence-electron chi connectivity index (χ0n) is 15.9. The Morgan fingerprint density at radius 1 is 1.25 bits per heavy atom. The number of halogens is 1. The summed E-state index contributed by atoms with van der Waals surface area (Å²) in [7, 11) is 3.12. The number of hydrogen-bond acceptors (Lipinski definition) is 7. The zero-order valence-corrected chi connectivity index (χ0v) is 17.5. The molecule has 3 heterocycles. The Morgan fingerprint density at radius 2 is 2.00 bits per heavy atom. The Labute approximate surface area is 172 Å². The molecule has 7 nitrogen and oxygen atoms in total. The fourth-order valence-corrected chi connectivity index (χ4v) is 4.48. The standard InChI is InChI=1S/C19H20N4O3S.ClH/c1-10-5-11-7-14(27-17(11)13(6-10)25-3)15-12(19(2,24)26-4)8-23-16(15)18(20)21-9-22-23;/h5-9,24H,1-4H3,(H2,20,21,22);1H. The number of nitrogens with zero attached hydrogens (tertiary/aromatic N) is 3. The number of aryl methyl sites for hydroxylation is 1. The van der Waals surface area contributed by atoms with E-state index in [2.05, 4.69) is 22.2 Å². The van der Waals surface area contributed by atoms with Crippen LogP contribution in [0.1, 0.15) is 18.1 Å². The molecule has 1 unspecified atom stereocenters. The average molecular weight is 421 g/mol. The minimum atomic E-state index is -1.51. The maximum absolute atomic E-state index is 10.8. The molecule has 0 bridgehead atoms. The van der Waals surface area contributed by atoms with Crippen LogP contribution in [0.3, 0.4) is 0 Å². The molecule has 0 amide bonds. The number of nitrogen functional groups attached to an aromatic ring is 1. The van der Waals surface area contributed by atoms with Gasteiger partial charge in [-0.05, 0) is 36.9 Å². The molecule has 0 radical (unpaired) electrons. The lowest BCUT2D eigenvalue weighted by molar-refractivity contribution is -0.178. The van der Waals surface area contributed by atoms with Crippen molar-refractivity contribution >= 4 is 45.2 Å². The number of nitrogens with two attached hydrogens (primary N) is 1. The van der Waals surface area contributed by atoms with Gasteiger partial charge in [0.05, 0.1) is 11.8 Å². The monoisotopic (exact) mass is 420 g/mol. The second-order valence-corrected chi connectivity index (χ2v) is 7.59. The van der Waals surface area contributed by atoms with Crippen LogP contribution in [0.5, 0.6) is 5.75 Å². The maximum atomic E-state index is 10.8. The lowest BCUT2D eigenvalue weighted by atomic mass is 10.0. The molecule has 0 spiro atoms. The summed E-state index contributed by atoms with van der Waals surface area (Å²) in [5.41, 5.74) is 9.21. The van der Waals surface area contributed by atoms with Gasteiger partial charge < -0.3 is 20.3 Å². The predicted octanol–water partition coefficient (Wildman–Crippen LogP) is 3.74. The van der Waals surface area contributed by atoms with Gasteiger partial charge in [0.2, 0.25) is 0 Å². The van der Waals surface area contributed by atoms with E-state index < -0.39 is 5.79 Å². The summed E-state index contributed by atoms with van der Waals surface area (Å²) in [5.74, 6) is -0.362. The molecule has 0 saturated carbocycles. The number of aliphatic hydroxyl groups is 1. The first-order valence-electron chi connectivity index (χ1n) is 8.34. The molecule has 0 aliphatic rings. The van der Waals surface area contributed by atoms with E-state index in [0.29, 0.717) is 16.9 Å². The van der Waals surface area contributed by atoms with E-state index >= 15 is 0 Å². The Kier molecular flexibility index (Phi) is 5.24. The largest absolute Gasteiger partial charge is 0.495 e. The molecule has 0 aliphatic carbocycles. The molecule has 28 heavy (non-hydrogen) atoms. The molecule has 3 aromatic heterocycles. The number of methoxy groups -OCH3 is 2. The van der Waals surface area contributed by atoms with Crippen molar-refractivity contribution in [2.75, 3.05) is 20.0 Å². The van der Waals surface area contributed by atoms with Crippen LogP contribution in [0, 0.1) is 6.92 Å². The molecule has 4 aromatic rings. The first kappa shape index (κ1) is 20.3. The molecular formula is C19H21ClN4O3S. The summed E-state index contributed by atoms with van der Waals surface area (Å²) in [6.07, 6.45) is 3.10. The quantitative estimate of drug-likeness (QED) is 0.488. The van der Waals surface area contributed by atoms with Gasteiger partial charge in [0.1, 0.15) is 17.6 Å². The number of fused-ring (bicyclic) bond motifs is 2. The van der Waals surface area contributed by atoms with Crippen LogP contribution in [-0.2, 0) is 10.5 Å². The highest BCUT2D eigenvalue weighted by molar-refractivity contribution is 7.22. The maximum Gasteiger partial charge on any atom is 0.191 e. The molecule has 9 heteroatoms. The first-order chi connectivity index (χ1) is 12.9. The van der Waals surface area contributed by atoms with Crippen molar-refractivity contribution < 1.29 is 14.6 Å². The Hall–Kier alpha value is -2.39. The Balaban J connectivity index is 0.00000225. The number of thiophene rings is 1. The molecule has 0 saturated heterocycles. The highest BCUT2D eigenvalue weighted by Crippen LogP contribution is 2.45. The number of rotatable bonds is 4.